The summed E-state index contributed by atoms with van der Waals surface area (Å²) in [4.78, 5) is -0.00900. The second kappa shape index (κ2) is 5.02. The van der Waals surface area contributed by atoms with Crippen molar-refractivity contribution in [2.75, 3.05) is 5.73 Å². The maximum absolute atomic E-state index is 12.1. The first-order valence-electron chi connectivity index (χ1n) is 5.73. The van der Waals surface area contributed by atoms with Gasteiger partial charge in [0.15, 0.2) is 5.82 Å². The van der Waals surface area contributed by atoms with E-state index in [-0.39, 0.29) is 17.3 Å². The molecular weight excluding hydrogens is 268 g/mol. The minimum atomic E-state index is -3.68. The number of aryl methyl sites for hydroxylation is 2. The summed E-state index contributed by atoms with van der Waals surface area (Å²) in [7, 11) is -1.91. The van der Waals surface area contributed by atoms with Crippen molar-refractivity contribution in [3.05, 3.63) is 24.2 Å². The van der Waals surface area contributed by atoms with E-state index in [1.165, 1.54) is 10.9 Å². The van der Waals surface area contributed by atoms with Gasteiger partial charge < -0.3 is 5.73 Å². The highest BCUT2D eigenvalue weighted by Crippen LogP contribution is 2.16. The molecule has 0 aliphatic heterocycles. The molecule has 0 unspecified atom stereocenters. The Labute approximate surface area is 111 Å². The van der Waals surface area contributed by atoms with Crippen molar-refractivity contribution in [3.63, 3.8) is 0 Å². The van der Waals surface area contributed by atoms with E-state index in [1.54, 1.807) is 24.0 Å². The zero-order chi connectivity index (χ0) is 14.0. The third-order valence-corrected chi connectivity index (χ3v) is 4.00. The highest BCUT2D eigenvalue weighted by atomic mass is 32.2. The number of nitrogens with one attached hydrogen (secondary N) is 1. The number of anilines is 1. The first-order valence-corrected chi connectivity index (χ1v) is 7.22. The molecule has 8 nitrogen and oxygen atoms in total. The van der Waals surface area contributed by atoms with Crippen LogP contribution >= 0.6 is 0 Å². The SMILES string of the molecule is CCn1cc(S(=O)(=O)NCc2ccn(C)n2)c(N)n1. The molecule has 0 fully saturated rings. The van der Waals surface area contributed by atoms with E-state index in [1.807, 2.05) is 6.92 Å². The molecule has 0 spiro atoms. The molecule has 0 radical (unpaired) electrons. The molecule has 0 saturated heterocycles. The normalized spacial score (nSPS) is 11.9. The van der Waals surface area contributed by atoms with Crippen molar-refractivity contribution >= 4 is 15.8 Å². The first-order chi connectivity index (χ1) is 8.92. The minimum absolute atomic E-state index is 0.00429. The van der Waals surface area contributed by atoms with E-state index in [4.69, 9.17) is 5.73 Å². The Hall–Kier alpha value is -1.87. The lowest BCUT2D eigenvalue weighted by atomic mass is 10.4. The monoisotopic (exact) mass is 284 g/mol. The number of hydrogen-bond donors (Lipinski definition) is 2. The van der Waals surface area contributed by atoms with Crippen LogP contribution in [0.25, 0.3) is 0 Å². The molecule has 0 amide bonds. The molecule has 2 aromatic rings. The molecule has 2 rings (SSSR count). The summed E-state index contributed by atoms with van der Waals surface area (Å²) in [5.41, 5.74) is 6.24. The summed E-state index contributed by atoms with van der Waals surface area (Å²) in [5, 5.41) is 8.00. The van der Waals surface area contributed by atoms with E-state index in [0.717, 1.165) is 0 Å². The summed E-state index contributed by atoms with van der Waals surface area (Å²) in [6, 6.07) is 1.74. The standard InChI is InChI=1S/C10H16N6O2S/c1-3-16-7-9(10(11)14-16)19(17,18)12-6-8-4-5-15(2)13-8/h4-5,7,12H,3,6H2,1-2H3,(H2,11,14). The molecule has 9 heteroatoms. The maximum atomic E-state index is 12.1. The van der Waals surface area contributed by atoms with E-state index < -0.39 is 10.0 Å². The van der Waals surface area contributed by atoms with Crippen LogP contribution in [-0.2, 0) is 30.2 Å². The third-order valence-electron chi connectivity index (χ3n) is 2.58. The van der Waals surface area contributed by atoms with Gasteiger partial charge in [-0.1, -0.05) is 0 Å². The number of hydrogen-bond acceptors (Lipinski definition) is 5. The molecule has 0 aliphatic carbocycles. The molecule has 0 atom stereocenters. The lowest BCUT2D eigenvalue weighted by Gasteiger charge is -2.03. The molecule has 0 bridgehead atoms. The number of rotatable bonds is 5. The van der Waals surface area contributed by atoms with Gasteiger partial charge in [0.05, 0.1) is 12.2 Å². The van der Waals surface area contributed by atoms with Gasteiger partial charge in [-0.2, -0.15) is 10.2 Å². The molecule has 104 valence electrons. The second-order valence-corrected chi connectivity index (χ2v) is 5.77. The van der Waals surface area contributed by atoms with Gasteiger partial charge in [-0.25, -0.2) is 13.1 Å². The van der Waals surface area contributed by atoms with Crippen molar-refractivity contribution in [2.45, 2.75) is 24.9 Å². The molecule has 2 aromatic heterocycles. The van der Waals surface area contributed by atoms with Crippen LogP contribution in [0, 0.1) is 0 Å². The van der Waals surface area contributed by atoms with Crippen LogP contribution in [0.2, 0.25) is 0 Å². The van der Waals surface area contributed by atoms with Crippen molar-refractivity contribution in [2.24, 2.45) is 7.05 Å². The quantitative estimate of drug-likeness (QED) is 0.783. The highest BCUT2D eigenvalue weighted by Gasteiger charge is 2.20. The topological polar surface area (TPSA) is 108 Å². The Balaban J connectivity index is 2.15. The number of nitrogens with two attached hydrogens (primary N) is 1. The fourth-order valence-corrected chi connectivity index (χ4v) is 2.66. The van der Waals surface area contributed by atoms with E-state index in [9.17, 15) is 8.42 Å². The van der Waals surface area contributed by atoms with Crippen LogP contribution in [0.1, 0.15) is 12.6 Å². The minimum Gasteiger partial charge on any atom is -0.381 e. The number of aromatic nitrogens is 4. The van der Waals surface area contributed by atoms with Crippen molar-refractivity contribution < 1.29 is 8.42 Å². The van der Waals surface area contributed by atoms with Crippen molar-refractivity contribution in [1.82, 2.24) is 24.3 Å². The fourth-order valence-electron chi connectivity index (χ4n) is 1.59. The molecule has 0 saturated carbocycles. The largest absolute Gasteiger partial charge is 0.381 e. The molecule has 3 N–H and O–H groups in total. The van der Waals surface area contributed by atoms with Crippen LogP contribution in [0.5, 0.6) is 0 Å². The second-order valence-electron chi connectivity index (χ2n) is 4.04. The molecular formula is C10H16N6O2S. The van der Waals surface area contributed by atoms with E-state index in [0.29, 0.717) is 12.2 Å². The zero-order valence-corrected chi connectivity index (χ0v) is 11.6. The molecule has 0 aromatic carbocycles. The smallest absolute Gasteiger partial charge is 0.246 e. The van der Waals surface area contributed by atoms with Gasteiger partial charge in [0.2, 0.25) is 10.0 Å². The van der Waals surface area contributed by atoms with Crippen LogP contribution in [0.15, 0.2) is 23.4 Å². The first kappa shape index (κ1) is 13.6. The predicted molar refractivity (Wildman–Crippen MR) is 69.5 cm³/mol. The van der Waals surface area contributed by atoms with Gasteiger partial charge in [0.1, 0.15) is 4.90 Å². The average Bonchev–Trinajstić information content (AvgIpc) is 2.93. The van der Waals surface area contributed by atoms with E-state index in [2.05, 4.69) is 14.9 Å². The van der Waals surface area contributed by atoms with Gasteiger partial charge >= 0.3 is 0 Å². The van der Waals surface area contributed by atoms with Crippen LogP contribution in [-0.4, -0.2) is 28.0 Å². The summed E-state index contributed by atoms with van der Waals surface area (Å²) in [6.07, 6.45) is 3.16. The van der Waals surface area contributed by atoms with Crippen LogP contribution < -0.4 is 10.5 Å². The number of sulfonamides is 1. The van der Waals surface area contributed by atoms with Gasteiger partial charge in [0.25, 0.3) is 0 Å². The lowest BCUT2D eigenvalue weighted by molar-refractivity contribution is 0.579. The van der Waals surface area contributed by atoms with Crippen molar-refractivity contribution in [1.29, 1.82) is 0 Å². The summed E-state index contributed by atoms with van der Waals surface area (Å²) < 4.78 is 29.7. The summed E-state index contributed by atoms with van der Waals surface area (Å²) in [5.74, 6) is -0.00429. The van der Waals surface area contributed by atoms with Crippen molar-refractivity contribution in [3.8, 4) is 0 Å². The van der Waals surface area contributed by atoms with E-state index >= 15 is 0 Å². The number of nitrogens with zero attached hydrogens (tertiary/aromatic N) is 4. The third kappa shape index (κ3) is 2.93. The lowest BCUT2D eigenvalue weighted by Crippen LogP contribution is -2.24. The zero-order valence-electron chi connectivity index (χ0n) is 10.7. The Morgan fingerprint density at radius 2 is 2.16 bits per heavy atom. The van der Waals surface area contributed by atoms with Gasteiger partial charge in [-0.05, 0) is 13.0 Å². The Morgan fingerprint density at radius 1 is 1.42 bits per heavy atom. The summed E-state index contributed by atoms with van der Waals surface area (Å²) >= 11 is 0. The highest BCUT2D eigenvalue weighted by molar-refractivity contribution is 7.89. The summed E-state index contributed by atoms with van der Waals surface area (Å²) in [6.45, 7) is 2.52. The van der Waals surface area contributed by atoms with Crippen LogP contribution in [0.3, 0.4) is 0 Å². The Bertz CT molecular complexity index is 672. The average molecular weight is 284 g/mol. The number of nitrogen functional groups attached to an aromatic ring is 1. The van der Waals surface area contributed by atoms with Gasteiger partial charge in [-0.3, -0.25) is 9.36 Å². The van der Waals surface area contributed by atoms with Gasteiger partial charge in [-0.15, -0.1) is 0 Å². The fraction of sp³-hybridized carbons (Fsp3) is 0.400. The molecule has 19 heavy (non-hydrogen) atoms. The Kier molecular flexibility index (Phi) is 3.58. The molecule has 2 heterocycles. The van der Waals surface area contributed by atoms with Crippen LogP contribution in [0.4, 0.5) is 5.82 Å². The Morgan fingerprint density at radius 3 is 2.68 bits per heavy atom. The molecule has 0 aliphatic rings. The maximum Gasteiger partial charge on any atom is 0.246 e. The predicted octanol–water partition coefficient (Wildman–Crippen LogP) is -0.303. The van der Waals surface area contributed by atoms with Gasteiger partial charge in [0, 0.05) is 26.0 Å².